The summed E-state index contributed by atoms with van der Waals surface area (Å²) in [6, 6.07) is 0. The Balaban J connectivity index is 5.42. The Morgan fingerprint density at radius 3 is 1.21 bits per heavy atom. The minimum atomic E-state index is 0.530. The molecule has 0 rings (SSSR count). The third-order valence-corrected chi connectivity index (χ3v) is 8.72. The summed E-state index contributed by atoms with van der Waals surface area (Å²) < 4.78 is 0. The van der Waals surface area contributed by atoms with Crippen molar-refractivity contribution in [1.82, 2.24) is 0 Å². The highest BCUT2D eigenvalue weighted by Gasteiger charge is 2.37. The van der Waals surface area contributed by atoms with Crippen LogP contribution < -0.4 is 0 Å². The Kier molecular flexibility index (Phi) is 21.4. The third kappa shape index (κ3) is 16.4. The van der Waals surface area contributed by atoms with Gasteiger partial charge in [0, 0.05) is 0 Å². The molecule has 0 nitrogen and oxygen atoms in total. The van der Waals surface area contributed by atoms with Crippen molar-refractivity contribution in [2.75, 3.05) is 0 Å². The Morgan fingerprint density at radius 1 is 0.515 bits per heavy atom. The maximum Gasteiger partial charge on any atom is 0.106 e. The average Bonchev–Trinajstić information content (AvgIpc) is 2.80. The van der Waals surface area contributed by atoms with Gasteiger partial charge in [0.1, 0.15) is 7.28 Å². The molecule has 0 spiro atoms. The fraction of sp³-hybridized carbons (Fsp3) is 1.00. The molecule has 0 N–H and O–H groups in total. The minimum absolute atomic E-state index is 0.530. The van der Waals surface area contributed by atoms with Crippen LogP contribution in [0.1, 0.15) is 176 Å². The molecule has 33 heavy (non-hydrogen) atoms. The smallest absolute Gasteiger partial charge is 0.0920 e. The summed E-state index contributed by atoms with van der Waals surface area (Å²) in [5, 5.41) is 0. The summed E-state index contributed by atoms with van der Waals surface area (Å²) in [6.45, 7) is 17.1. The highest BCUT2D eigenvalue weighted by molar-refractivity contribution is 6.33. The zero-order valence-corrected chi connectivity index (χ0v) is 24.7. The van der Waals surface area contributed by atoms with Gasteiger partial charge >= 0.3 is 0 Å². The van der Waals surface area contributed by atoms with Gasteiger partial charge in [-0.1, -0.05) is 157 Å². The van der Waals surface area contributed by atoms with Crippen LogP contribution in [0.5, 0.6) is 0 Å². The van der Waals surface area contributed by atoms with Gasteiger partial charge in [-0.25, -0.2) is 0 Å². The molecule has 1 heteroatoms. The molecule has 0 bridgehead atoms. The molecule has 0 saturated carbocycles. The van der Waals surface area contributed by atoms with Crippen molar-refractivity contribution in [1.29, 1.82) is 0 Å². The maximum atomic E-state index is 2.70. The summed E-state index contributed by atoms with van der Waals surface area (Å²) in [6.07, 6.45) is 31.3. The van der Waals surface area contributed by atoms with Gasteiger partial charge in [0.25, 0.3) is 0 Å². The molecule has 197 valence electrons. The second-order valence-electron chi connectivity index (χ2n) is 12.3. The number of hydrogen-bond donors (Lipinski definition) is 0. The molecule has 0 aliphatic rings. The van der Waals surface area contributed by atoms with E-state index in [-0.39, 0.29) is 0 Å². The van der Waals surface area contributed by atoms with E-state index in [9.17, 15) is 0 Å². The molecule has 0 aromatic rings. The Labute approximate surface area is 213 Å². The molecule has 1 radical (unpaired) electrons. The van der Waals surface area contributed by atoms with Crippen LogP contribution in [0.4, 0.5) is 0 Å². The monoisotopic (exact) mass is 462 g/mol. The predicted octanol–water partition coefficient (Wildman–Crippen LogP) is 12.1. The van der Waals surface area contributed by atoms with Gasteiger partial charge in [-0.2, -0.15) is 0 Å². The van der Waals surface area contributed by atoms with Crippen LogP contribution in [0.25, 0.3) is 0 Å². The lowest BCUT2D eigenvalue weighted by atomic mass is 9.56. The van der Waals surface area contributed by atoms with Crippen molar-refractivity contribution < 1.29 is 0 Å². The second kappa shape index (κ2) is 21.4. The van der Waals surface area contributed by atoms with E-state index >= 15 is 0 Å². The first-order chi connectivity index (χ1) is 15.9. The maximum absolute atomic E-state index is 2.70. The summed E-state index contributed by atoms with van der Waals surface area (Å²) in [5.41, 5.74) is 1.07. The molecule has 0 aromatic heterocycles. The molecule has 0 heterocycles. The van der Waals surface area contributed by atoms with Gasteiger partial charge in [-0.3, -0.25) is 0 Å². The fourth-order valence-electron chi connectivity index (χ4n) is 6.22. The van der Waals surface area contributed by atoms with Crippen LogP contribution in [-0.2, 0) is 0 Å². The molecule has 1 atom stereocenters. The standard InChI is InChI=1S/C32H66B/c1-8-12-16-20-24-31(5,25-21-17-13-9-2)28-30(29-33-7)32(6,26-22-18-14-10-3)27-23-19-15-11-4/h30H,8-29H2,1-7H3/t30-/m0/s1. The van der Waals surface area contributed by atoms with Crippen molar-refractivity contribution in [3.8, 4) is 0 Å². The topological polar surface area (TPSA) is 0 Å². The van der Waals surface area contributed by atoms with Gasteiger partial charge < -0.3 is 0 Å². The first-order valence-corrected chi connectivity index (χ1v) is 15.7. The van der Waals surface area contributed by atoms with Gasteiger partial charge in [-0.05, 0) is 48.9 Å². The fourth-order valence-corrected chi connectivity index (χ4v) is 6.22. The second-order valence-corrected chi connectivity index (χ2v) is 12.3. The molecule has 0 fully saturated rings. The van der Waals surface area contributed by atoms with Crippen molar-refractivity contribution in [2.45, 2.75) is 190 Å². The Morgan fingerprint density at radius 2 is 0.879 bits per heavy atom. The van der Waals surface area contributed by atoms with E-state index in [0.717, 1.165) is 5.92 Å². The van der Waals surface area contributed by atoms with E-state index in [4.69, 9.17) is 0 Å². The van der Waals surface area contributed by atoms with E-state index in [0.29, 0.717) is 10.8 Å². The molecule has 0 saturated heterocycles. The van der Waals surface area contributed by atoms with Gasteiger partial charge in [0.05, 0.1) is 0 Å². The highest BCUT2D eigenvalue weighted by atomic mass is 14.4. The van der Waals surface area contributed by atoms with E-state index < -0.39 is 0 Å². The lowest BCUT2D eigenvalue weighted by Crippen LogP contribution is -2.33. The summed E-state index contributed by atoms with van der Waals surface area (Å²) >= 11 is 0. The highest BCUT2D eigenvalue weighted by Crippen LogP contribution is 2.49. The summed E-state index contributed by atoms with van der Waals surface area (Å²) in [4.78, 5) is 0. The van der Waals surface area contributed by atoms with Crippen LogP contribution >= 0.6 is 0 Å². The largest absolute Gasteiger partial charge is 0.106 e. The van der Waals surface area contributed by atoms with Crippen molar-refractivity contribution in [3.05, 3.63) is 0 Å². The summed E-state index contributed by atoms with van der Waals surface area (Å²) in [7, 11) is 2.51. The SMILES string of the molecule is C[B]C[C@H](CC(C)(CCCCCC)CCCCCC)C(C)(CCCCCC)CCCCCC. The van der Waals surface area contributed by atoms with Crippen LogP contribution in [0, 0.1) is 16.7 Å². The molecule has 0 aliphatic carbocycles. The normalized spacial score (nSPS) is 13.4. The molecule has 0 aliphatic heterocycles. The van der Waals surface area contributed by atoms with Crippen molar-refractivity contribution in [3.63, 3.8) is 0 Å². The van der Waals surface area contributed by atoms with Gasteiger partial charge in [-0.15, -0.1) is 0 Å². The lowest BCUT2D eigenvalue weighted by Gasteiger charge is -2.44. The zero-order valence-electron chi connectivity index (χ0n) is 24.7. The number of rotatable bonds is 25. The van der Waals surface area contributed by atoms with E-state index in [2.05, 4.69) is 55.6 Å². The lowest BCUT2D eigenvalue weighted by molar-refractivity contribution is 0.0879. The van der Waals surface area contributed by atoms with Crippen molar-refractivity contribution in [2.24, 2.45) is 16.7 Å². The molecular weight excluding hydrogens is 395 g/mol. The van der Waals surface area contributed by atoms with E-state index in [1.54, 1.807) is 0 Å². The van der Waals surface area contributed by atoms with E-state index in [1.165, 1.54) is 141 Å². The summed E-state index contributed by atoms with van der Waals surface area (Å²) in [5.74, 6) is 0.869. The van der Waals surface area contributed by atoms with Crippen LogP contribution in [-0.4, -0.2) is 7.28 Å². The van der Waals surface area contributed by atoms with E-state index in [1.807, 2.05) is 0 Å². The predicted molar refractivity (Wildman–Crippen MR) is 156 cm³/mol. The van der Waals surface area contributed by atoms with Crippen molar-refractivity contribution >= 4 is 7.28 Å². The van der Waals surface area contributed by atoms with Crippen LogP contribution in [0.3, 0.4) is 0 Å². The molecule has 0 amide bonds. The molecular formula is C32H66B. The van der Waals surface area contributed by atoms with Crippen LogP contribution in [0.15, 0.2) is 0 Å². The minimum Gasteiger partial charge on any atom is -0.0920 e. The van der Waals surface area contributed by atoms with Gasteiger partial charge in [0.15, 0.2) is 0 Å². The average molecular weight is 462 g/mol. The van der Waals surface area contributed by atoms with Crippen LogP contribution in [0.2, 0.25) is 13.1 Å². The molecule has 0 aromatic carbocycles. The number of unbranched alkanes of at least 4 members (excludes halogenated alkanes) is 12. The Hall–Kier alpha value is 0.0649. The Bertz CT molecular complexity index is 377. The zero-order chi connectivity index (χ0) is 24.8. The first-order valence-electron chi connectivity index (χ1n) is 15.7. The first kappa shape index (κ1) is 33.1. The quantitative estimate of drug-likeness (QED) is 0.0936. The van der Waals surface area contributed by atoms with Gasteiger partial charge in [0.2, 0.25) is 0 Å². The number of hydrogen-bond acceptors (Lipinski definition) is 0. The third-order valence-electron chi connectivity index (χ3n) is 8.72. The molecule has 0 unspecified atom stereocenters.